The van der Waals surface area contributed by atoms with Crippen LogP contribution >= 0.6 is 22.7 Å². The molecule has 0 N–H and O–H groups in total. The number of hydrogen-bond donors (Lipinski definition) is 0. The average Bonchev–Trinajstić information content (AvgIpc) is 1.25. The first-order valence-electron chi connectivity index (χ1n) is 38.0. The molecule has 4 nitrogen and oxygen atoms in total. The van der Waals surface area contributed by atoms with Gasteiger partial charge < -0.3 is 18.9 Å². The highest BCUT2D eigenvalue weighted by molar-refractivity contribution is 7.26. The van der Waals surface area contributed by atoms with Gasteiger partial charge in [0.25, 0.3) is 6.71 Å². The molecule has 0 unspecified atom stereocenters. The Morgan fingerprint density at radius 2 is 0.634 bits per heavy atom. The van der Waals surface area contributed by atoms with Crippen LogP contribution in [0.25, 0.3) is 118 Å². The van der Waals surface area contributed by atoms with Crippen molar-refractivity contribution in [1.29, 1.82) is 0 Å². The van der Waals surface area contributed by atoms with Crippen molar-refractivity contribution in [2.24, 2.45) is 0 Å². The van der Waals surface area contributed by atoms with E-state index in [-0.39, 0.29) is 58.5 Å². The summed E-state index contributed by atoms with van der Waals surface area (Å²) in [6.07, 6.45) is 0. The number of para-hydroxylation sites is 2. The van der Waals surface area contributed by atoms with E-state index >= 15 is 0 Å². The second-order valence-corrected chi connectivity index (χ2v) is 32.4. The standard InChI is InChI=1S/C94H75BN4S2/c1-92(2,3)62-50-71(58-30-14-10-15-31-58)88(72(51-62)59-32-16-11-17-33-59)98-79-56-65(96-77-42-26-22-38-67(77)85-69-40-24-28-44-83(69)100-90(85)96)46-48-75(79)95-76-49-47-66(97-78-43-27-23-39-68(78)86-70-41-25-29-45-84(70)101-91(86)97)57-80(76)99(82-55-64(94(7,8)9)54-81(98)87(82)95)89-73(60-34-18-12-19-35-60)52-63(93(4,5)6)53-74(89)61-36-20-13-21-37-61/h10-57H,1-9H3/i46D,47D,48D,49D,56D,57D. The van der Waals surface area contributed by atoms with Crippen molar-refractivity contribution in [3.63, 3.8) is 0 Å². The lowest BCUT2D eigenvalue weighted by atomic mass is 9.33. The number of anilines is 6. The monoisotopic (exact) mass is 1340 g/mol. The summed E-state index contributed by atoms with van der Waals surface area (Å²) in [4.78, 5) is 6.31. The van der Waals surface area contributed by atoms with Gasteiger partial charge in [-0.25, -0.2) is 0 Å². The maximum Gasteiger partial charge on any atom is 0.252 e. The second kappa shape index (κ2) is 22.8. The molecular formula is C94H75BN4S2. The number of thiophene rings is 2. The molecule has 4 aromatic heterocycles. The van der Waals surface area contributed by atoms with E-state index < -0.39 is 12.1 Å². The van der Waals surface area contributed by atoms with Gasteiger partial charge in [-0.15, -0.1) is 22.7 Å². The van der Waals surface area contributed by atoms with Crippen molar-refractivity contribution in [2.75, 3.05) is 9.80 Å². The largest absolute Gasteiger partial charge is 0.310 e. The maximum absolute atomic E-state index is 11.8. The summed E-state index contributed by atoms with van der Waals surface area (Å²) in [5, 5.41) is 6.14. The lowest BCUT2D eigenvalue weighted by molar-refractivity contribution is 0.590. The van der Waals surface area contributed by atoms with Crippen LogP contribution < -0.4 is 26.2 Å². The second-order valence-electron chi connectivity index (χ2n) is 30.3. The van der Waals surface area contributed by atoms with Crippen molar-refractivity contribution in [1.82, 2.24) is 9.13 Å². The molecule has 17 aromatic rings. The van der Waals surface area contributed by atoms with Crippen LogP contribution in [0.15, 0.2) is 291 Å². The molecule has 2 aliphatic heterocycles. The van der Waals surface area contributed by atoms with Gasteiger partial charge in [-0.3, -0.25) is 0 Å². The first-order valence-corrected chi connectivity index (χ1v) is 36.7. The van der Waals surface area contributed by atoms with Crippen LogP contribution in [-0.4, -0.2) is 15.8 Å². The lowest BCUT2D eigenvalue weighted by Gasteiger charge is -2.47. The van der Waals surface area contributed by atoms with E-state index in [1.54, 1.807) is 22.7 Å². The van der Waals surface area contributed by atoms with E-state index in [0.29, 0.717) is 22.3 Å². The number of nitrogens with zero attached hydrogens (tertiary/aromatic N) is 4. The maximum atomic E-state index is 11.8. The number of benzene rings is 13. The predicted molar refractivity (Wildman–Crippen MR) is 438 cm³/mol. The molecule has 2 aliphatic rings. The third kappa shape index (κ3) is 9.60. The molecule has 486 valence electrons. The van der Waals surface area contributed by atoms with E-state index in [4.69, 9.17) is 0 Å². The molecule has 101 heavy (non-hydrogen) atoms. The number of fused-ring (bicyclic) bond motifs is 14. The van der Waals surface area contributed by atoms with Gasteiger partial charge in [0.05, 0.1) is 30.6 Å². The topological polar surface area (TPSA) is 16.3 Å². The quantitative estimate of drug-likeness (QED) is 0.141. The zero-order valence-corrected chi connectivity index (χ0v) is 59.6. The summed E-state index contributed by atoms with van der Waals surface area (Å²) in [6, 6.07) is 89.0. The highest BCUT2D eigenvalue weighted by Crippen LogP contribution is 2.56. The Kier molecular flexibility index (Phi) is 12.4. The summed E-state index contributed by atoms with van der Waals surface area (Å²) in [6.45, 7) is 19.2. The van der Waals surface area contributed by atoms with Crippen LogP contribution in [0.3, 0.4) is 0 Å². The van der Waals surface area contributed by atoms with Crippen molar-refractivity contribution >= 4 is 142 Å². The molecule has 0 saturated heterocycles. The van der Waals surface area contributed by atoms with Gasteiger partial charge in [0.2, 0.25) is 0 Å². The van der Waals surface area contributed by atoms with Crippen LogP contribution in [-0.2, 0) is 16.2 Å². The van der Waals surface area contributed by atoms with Gasteiger partial charge in [0.1, 0.15) is 9.66 Å². The number of hydrogen-bond acceptors (Lipinski definition) is 4. The van der Waals surface area contributed by atoms with Gasteiger partial charge >= 0.3 is 0 Å². The van der Waals surface area contributed by atoms with E-state index in [9.17, 15) is 8.22 Å². The van der Waals surface area contributed by atoms with E-state index in [1.807, 2.05) is 48.5 Å². The highest BCUT2D eigenvalue weighted by Gasteiger charge is 2.47. The fourth-order valence-electron chi connectivity index (χ4n) is 15.9. The Morgan fingerprint density at radius 1 is 0.327 bits per heavy atom. The average molecular weight is 1340 g/mol. The molecule has 0 aliphatic carbocycles. The molecule has 0 radical (unpaired) electrons. The zero-order valence-electron chi connectivity index (χ0n) is 63.9. The van der Waals surface area contributed by atoms with Crippen LogP contribution in [0.5, 0.6) is 0 Å². The third-order valence-electron chi connectivity index (χ3n) is 21.0. The summed E-state index contributed by atoms with van der Waals surface area (Å²) in [5.74, 6) is 0. The lowest BCUT2D eigenvalue weighted by Crippen LogP contribution is -2.61. The Morgan fingerprint density at radius 3 is 0.980 bits per heavy atom. The molecule has 6 heterocycles. The van der Waals surface area contributed by atoms with E-state index in [0.717, 1.165) is 152 Å². The molecule has 13 aromatic carbocycles. The molecule has 0 fully saturated rings. The van der Waals surface area contributed by atoms with Crippen LogP contribution in [0.4, 0.5) is 34.1 Å². The van der Waals surface area contributed by atoms with Gasteiger partial charge in [0.15, 0.2) is 0 Å². The Balaban J connectivity index is 1.06. The third-order valence-corrected chi connectivity index (χ3v) is 23.3. The molecular weight excluding hydrogens is 1260 g/mol. The number of aromatic nitrogens is 2. The van der Waals surface area contributed by atoms with Crippen molar-refractivity contribution in [2.45, 2.75) is 78.6 Å². The zero-order chi connectivity index (χ0) is 73.6. The summed E-state index contributed by atoms with van der Waals surface area (Å²) < 4.78 is 75.0. The molecule has 0 saturated carbocycles. The Hall–Kier alpha value is -11.0. The Bertz CT molecular complexity index is 6090. The fourth-order valence-corrected chi connectivity index (χ4v) is 18.4. The smallest absolute Gasteiger partial charge is 0.252 e. The van der Waals surface area contributed by atoms with Gasteiger partial charge in [-0.1, -0.05) is 269 Å². The SMILES string of the molecule is [2H]c1c([2H])c(-n2c3ccccc3c3c4ccccc4sc32)c([2H])c2c1B1c3c(cc(C(C)(C)C)cc3N(c3c(-c4ccccc4)cc(C(C)(C)C)cc3-c3ccccc3)c3c([2H])c(-n4c5ccccc5c5c6ccccc6sc54)c([2H])c([2H])c31)N2c1c(-c2ccccc2)cc(C(C)(C)C)cc1-c1ccccc1. The van der Waals surface area contributed by atoms with Gasteiger partial charge in [-0.05, 0) is 156 Å². The molecule has 7 heteroatoms. The minimum Gasteiger partial charge on any atom is -0.310 e. The van der Waals surface area contributed by atoms with E-state index in [1.165, 1.54) is 0 Å². The normalized spacial score (nSPS) is 14.0. The Labute approximate surface area is 607 Å². The van der Waals surface area contributed by atoms with Gasteiger partial charge in [-0.2, -0.15) is 0 Å². The first kappa shape index (κ1) is 54.9. The summed E-state index contributed by atoms with van der Waals surface area (Å²) in [7, 11) is 0. The van der Waals surface area contributed by atoms with Gasteiger partial charge in [0, 0.05) is 98.1 Å². The fraction of sp³-hybridized carbons (Fsp3) is 0.128. The summed E-state index contributed by atoms with van der Waals surface area (Å²) in [5.41, 5.74) is 16.6. The van der Waals surface area contributed by atoms with Crippen LogP contribution in [0.1, 0.15) is 87.2 Å². The van der Waals surface area contributed by atoms with Crippen LogP contribution in [0, 0.1) is 0 Å². The predicted octanol–water partition coefficient (Wildman–Crippen LogP) is 25.0. The molecule has 0 spiro atoms. The summed E-state index contributed by atoms with van der Waals surface area (Å²) >= 11 is 3.25. The van der Waals surface area contributed by atoms with Crippen LogP contribution in [0.2, 0.25) is 0 Å². The highest BCUT2D eigenvalue weighted by atomic mass is 32.1. The minimum atomic E-state index is -1.11. The molecule has 19 rings (SSSR count). The molecule has 0 atom stereocenters. The first-order chi connectivity index (χ1) is 51.6. The minimum absolute atomic E-state index is 0.0261. The number of rotatable bonds is 8. The molecule has 0 amide bonds. The van der Waals surface area contributed by atoms with E-state index in [2.05, 4.69) is 288 Å². The van der Waals surface area contributed by atoms with Crippen molar-refractivity contribution in [3.8, 4) is 55.9 Å². The van der Waals surface area contributed by atoms with Crippen molar-refractivity contribution < 1.29 is 8.22 Å². The van der Waals surface area contributed by atoms with Crippen molar-refractivity contribution in [3.05, 3.63) is 308 Å². The molecule has 0 bridgehead atoms.